The van der Waals surface area contributed by atoms with Crippen LogP contribution in [0.1, 0.15) is 21.5 Å². The molecule has 0 atom stereocenters. The maximum absolute atomic E-state index is 12.3. The Bertz CT molecular complexity index is 848. The Balaban J connectivity index is 2.36. The fraction of sp³-hybridized carbons (Fsp3) is 0.133. The number of aryl methyl sites for hydroxylation is 2. The van der Waals surface area contributed by atoms with Gasteiger partial charge in [-0.3, -0.25) is 4.79 Å². The standard InChI is InChI=1S/C15H15ClN2O3S/c1-9-4-6-12(16)8-13(9)18-15(19)11-5-3-10(2)14(7-11)22(17,20)21/h3-8H,1-2H3,(H,18,19)(H2,17,20,21). The van der Waals surface area contributed by atoms with Crippen LogP contribution in [0.3, 0.4) is 0 Å². The minimum absolute atomic E-state index is 0.0667. The Kier molecular flexibility index (Phi) is 4.55. The van der Waals surface area contributed by atoms with Crippen LogP contribution < -0.4 is 10.5 Å². The molecule has 22 heavy (non-hydrogen) atoms. The Morgan fingerprint density at radius 1 is 1.09 bits per heavy atom. The zero-order valence-electron chi connectivity index (χ0n) is 12.1. The summed E-state index contributed by atoms with van der Waals surface area (Å²) in [6.07, 6.45) is 0. The number of carbonyl (C=O) groups is 1. The lowest BCUT2D eigenvalue weighted by molar-refractivity contribution is 0.102. The summed E-state index contributed by atoms with van der Waals surface area (Å²) in [6, 6.07) is 9.47. The number of halogens is 1. The van der Waals surface area contributed by atoms with Crippen LogP contribution in [0, 0.1) is 13.8 Å². The predicted molar refractivity (Wildman–Crippen MR) is 86.7 cm³/mol. The molecule has 2 rings (SSSR count). The van der Waals surface area contributed by atoms with Crippen LogP contribution in [-0.2, 0) is 10.0 Å². The van der Waals surface area contributed by atoms with E-state index in [0.717, 1.165) is 5.56 Å². The third-order valence-electron chi connectivity index (χ3n) is 3.20. The van der Waals surface area contributed by atoms with Crippen LogP contribution in [0.2, 0.25) is 5.02 Å². The number of benzene rings is 2. The van der Waals surface area contributed by atoms with Crippen LogP contribution in [-0.4, -0.2) is 14.3 Å². The second-order valence-corrected chi connectivity index (χ2v) is 6.90. The van der Waals surface area contributed by atoms with Gasteiger partial charge in [0.2, 0.25) is 10.0 Å². The maximum atomic E-state index is 12.3. The van der Waals surface area contributed by atoms with E-state index in [1.54, 1.807) is 37.3 Å². The summed E-state index contributed by atoms with van der Waals surface area (Å²) in [5.41, 5.74) is 2.10. The number of amides is 1. The molecule has 0 saturated carbocycles. The summed E-state index contributed by atoms with van der Waals surface area (Å²) in [7, 11) is -3.88. The van der Waals surface area contributed by atoms with E-state index in [2.05, 4.69) is 5.32 Å². The van der Waals surface area contributed by atoms with Crippen LogP contribution in [0.25, 0.3) is 0 Å². The summed E-state index contributed by atoms with van der Waals surface area (Å²) in [5.74, 6) is -0.435. The number of hydrogen-bond acceptors (Lipinski definition) is 3. The highest BCUT2D eigenvalue weighted by Gasteiger charge is 2.15. The van der Waals surface area contributed by atoms with Gasteiger partial charge in [-0.2, -0.15) is 0 Å². The fourth-order valence-corrected chi connectivity index (χ4v) is 2.95. The molecular weight excluding hydrogens is 324 g/mol. The van der Waals surface area contributed by atoms with E-state index in [0.29, 0.717) is 16.3 Å². The van der Waals surface area contributed by atoms with Crippen LogP contribution in [0.15, 0.2) is 41.3 Å². The largest absolute Gasteiger partial charge is 0.322 e. The highest BCUT2D eigenvalue weighted by molar-refractivity contribution is 7.89. The van der Waals surface area contributed by atoms with E-state index in [9.17, 15) is 13.2 Å². The van der Waals surface area contributed by atoms with E-state index < -0.39 is 15.9 Å². The molecule has 0 radical (unpaired) electrons. The molecule has 0 saturated heterocycles. The molecule has 2 aromatic rings. The van der Waals surface area contributed by atoms with E-state index in [4.69, 9.17) is 16.7 Å². The van der Waals surface area contributed by atoms with Gasteiger partial charge in [-0.25, -0.2) is 13.6 Å². The van der Waals surface area contributed by atoms with Crippen LogP contribution in [0.4, 0.5) is 5.69 Å². The first-order chi connectivity index (χ1) is 10.2. The molecule has 0 unspecified atom stereocenters. The van der Waals surface area contributed by atoms with Gasteiger partial charge in [0.05, 0.1) is 4.90 Å². The monoisotopic (exact) mass is 338 g/mol. The SMILES string of the molecule is Cc1ccc(Cl)cc1NC(=O)c1ccc(C)c(S(N)(=O)=O)c1. The number of nitrogens with two attached hydrogens (primary N) is 1. The minimum Gasteiger partial charge on any atom is -0.322 e. The summed E-state index contributed by atoms with van der Waals surface area (Å²) in [6.45, 7) is 3.44. The molecule has 1 amide bonds. The number of sulfonamides is 1. The molecule has 0 aliphatic carbocycles. The Hall–Kier alpha value is -1.89. The van der Waals surface area contributed by atoms with Gasteiger partial charge >= 0.3 is 0 Å². The Morgan fingerprint density at radius 2 is 1.73 bits per heavy atom. The fourth-order valence-electron chi connectivity index (χ4n) is 1.97. The zero-order valence-corrected chi connectivity index (χ0v) is 13.6. The van der Waals surface area contributed by atoms with Gasteiger partial charge in [-0.1, -0.05) is 23.7 Å². The molecule has 0 aliphatic heterocycles. The van der Waals surface area contributed by atoms with Crippen molar-refractivity contribution in [2.75, 3.05) is 5.32 Å². The molecule has 0 aromatic heterocycles. The highest BCUT2D eigenvalue weighted by atomic mass is 35.5. The smallest absolute Gasteiger partial charge is 0.255 e. The van der Waals surface area contributed by atoms with Gasteiger partial charge in [0.25, 0.3) is 5.91 Å². The normalized spacial score (nSPS) is 11.3. The molecule has 0 aliphatic rings. The summed E-state index contributed by atoms with van der Waals surface area (Å²) < 4.78 is 23.0. The molecule has 0 spiro atoms. The predicted octanol–water partition coefficient (Wildman–Crippen LogP) is 2.86. The number of anilines is 1. The number of rotatable bonds is 3. The molecular formula is C15H15ClN2O3S. The van der Waals surface area contributed by atoms with Crippen molar-refractivity contribution in [2.45, 2.75) is 18.7 Å². The third-order valence-corrected chi connectivity index (χ3v) is 4.49. The molecule has 3 N–H and O–H groups in total. The summed E-state index contributed by atoms with van der Waals surface area (Å²) in [5, 5.41) is 8.35. The first-order valence-electron chi connectivity index (χ1n) is 6.39. The van der Waals surface area contributed by atoms with E-state index in [1.807, 2.05) is 6.92 Å². The van der Waals surface area contributed by atoms with Crippen molar-refractivity contribution in [1.82, 2.24) is 0 Å². The minimum atomic E-state index is -3.88. The van der Waals surface area contributed by atoms with Crippen LogP contribution in [0.5, 0.6) is 0 Å². The lowest BCUT2D eigenvalue weighted by atomic mass is 10.1. The molecule has 0 heterocycles. The summed E-state index contributed by atoms with van der Waals surface area (Å²) in [4.78, 5) is 12.2. The molecule has 2 aromatic carbocycles. The highest BCUT2D eigenvalue weighted by Crippen LogP contribution is 2.22. The maximum Gasteiger partial charge on any atom is 0.255 e. The molecule has 116 valence electrons. The molecule has 7 heteroatoms. The number of nitrogens with one attached hydrogen (secondary N) is 1. The number of carbonyl (C=O) groups excluding carboxylic acids is 1. The van der Waals surface area contributed by atoms with E-state index in [1.165, 1.54) is 6.07 Å². The quantitative estimate of drug-likeness (QED) is 0.901. The van der Waals surface area contributed by atoms with Crippen molar-refractivity contribution in [2.24, 2.45) is 5.14 Å². The van der Waals surface area contributed by atoms with Crippen molar-refractivity contribution < 1.29 is 13.2 Å². The Morgan fingerprint density at radius 3 is 2.36 bits per heavy atom. The van der Waals surface area contributed by atoms with Crippen molar-refractivity contribution in [3.05, 3.63) is 58.1 Å². The topological polar surface area (TPSA) is 89.3 Å². The van der Waals surface area contributed by atoms with Crippen molar-refractivity contribution in [3.8, 4) is 0 Å². The molecule has 0 fully saturated rings. The second-order valence-electron chi connectivity index (χ2n) is 4.94. The van der Waals surface area contributed by atoms with Crippen molar-refractivity contribution in [3.63, 3.8) is 0 Å². The van der Waals surface area contributed by atoms with Gasteiger partial charge in [-0.15, -0.1) is 0 Å². The Labute approximate surface area is 134 Å². The third kappa shape index (κ3) is 3.65. The van der Waals surface area contributed by atoms with Gasteiger partial charge < -0.3 is 5.32 Å². The van der Waals surface area contributed by atoms with Gasteiger partial charge in [0.1, 0.15) is 0 Å². The van der Waals surface area contributed by atoms with Gasteiger partial charge in [0, 0.05) is 16.3 Å². The van der Waals surface area contributed by atoms with Crippen LogP contribution >= 0.6 is 11.6 Å². The van der Waals surface area contributed by atoms with Crippen molar-refractivity contribution in [1.29, 1.82) is 0 Å². The van der Waals surface area contributed by atoms with Gasteiger partial charge in [0.15, 0.2) is 0 Å². The molecule has 0 bridgehead atoms. The molecule has 5 nitrogen and oxygen atoms in total. The first kappa shape index (κ1) is 16.5. The zero-order chi connectivity index (χ0) is 16.5. The number of primary sulfonamides is 1. The number of hydrogen-bond donors (Lipinski definition) is 2. The lowest BCUT2D eigenvalue weighted by Crippen LogP contribution is -2.17. The average molecular weight is 339 g/mol. The lowest BCUT2D eigenvalue weighted by Gasteiger charge is -2.10. The first-order valence-corrected chi connectivity index (χ1v) is 8.32. The van der Waals surface area contributed by atoms with E-state index in [-0.39, 0.29) is 10.5 Å². The average Bonchev–Trinajstić information content (AvgIpc) is 2.42. The van der Waals surface area contributed by atoms with E-state index >= 15 is 0 Å². The van der Waals surface area contributed by atoms with Crippen molar-refractivity contribution >= 4 is 33.2 Å². The summed E-state index contributed by atoms with van der Waals surface area (Å²) >= 11 is 5.90. The second kappa shape index (κ2) is 6.08. The van der Waals surface area contributed by atoms with Gasteiger partial charge in [-0.05, 0) is 49.2 Å².